The van der Waals surface area contributed by atoms with E-state index in [4.69, 9.17) is 14.2 Å². The van der Waals surface area contributed by atoms with Gasteiger partial charge in [0, 0.05) is 0 Å². The molecule has 1 aliphatic rings. The summed E-state index contributed by atoms with van der Waals surface area (Å²) in [7, 11) is 0. The summed E-state index contributed by atoms with van der Waals surface area (Å²) >= 11 is 0. The normalized spacial score (nSPS) is 28.5. The standard InChI is InChI=1S/C11H20O6/c1-5-15-9(13)11(4,14)8(12)7-6-16-10(2,3)17-7/h7-8,12,14H,5-6H2,1-4H3/t7-,8?,11+/m1/s1. The highest BCUT2D eigenvalue weighted by molar-refractivity contribution is 5.79. The molecular weight excluding hydrogens is 228 g/mol. The Labute approximate surface area is 100 Å². The molecule has 2 N–H and O–H groups in total. The number of carbonyl (C=O) groups is 1. The first-order valence-electron chi connectivity index (χ1n) is 5.60. The fraction of sp³-hybridized carbons (Fsp3) is 0.909. The summed E-state index contributed by atoms with van der Waals surface area (Å²) in [6, 6.07) is 0. The van der Waals surface area contributed by atoms with Crippen molar-refractivity contribution in [1.82, 2.24) is 0 Å². The predicted octanol–water partition coefficient (Wildman–Crippen LogP) is -0.187. The molecule has 3 atom stereocenters. The molecule has 1 unspecified atom stereocenters. The lowest BCUT2D eigenvalue weighted by atomic mass is 9.95. The average molecular weight is 248 g/mol. The zero-order valence-electron chi connectivity index (χ0n) is 10.6. The van der Waals surface area contributed by atoms with Crippen molar-refractivity contribution in [2.24, 2.45) is 0 Å². The molecule has 6 heteroatoms. The van der Waals surface area contributed by atoms with Gasteiger partial charge in [0.15, 0.2) is 11.4 Å². The second-order valence-corrected chi connectivity index (χ2v) is 4.68. The zero-order valence-corrected chi connectivity index (χ0v) is 10.6. The van der Waals surface area contributed by atoms with Gasteiger partial charge in [0.05, 0.1) is 13.2 Å². The monoisotopic (exact) mass is 248 g/mol. The molecule has 0 saturated carbocycles. The van der Waals surface area contributed by atoms with Gasteiger partial charge in [-0.25, -0.2) is 4.79 Å². The fourth-order valence-electron chi connectivity index (χ4n) is 1.63. The maximum absolute atomic E-state index is 11.5. The largest absolute Gasteiger partial charge is 0.464 e. The fourth-order valence-corrected chi connectivity index (χ4v) is 1.63. The molecule has 0 amide bonds. The van der Waals surface area contributed by atoms with Gasteiger partial charge in [0.1, 0.15) is 12.2 Å². The van der Waals surface area contributed by atoms with Gasteiger partial charge in [0.25, 0.3) is 0 Å². The first-order valence-corrected chi connectivity index (χ1v) is 5.60. The van der Waals surface area contributed by atoms with Gasteiger partial charge in [-0.1, -0.05) is 0 Å². The quantitative estimate of drug-likeness (QED) is 0.671. The predicted molar refractivity (Wildman–Crippen MR) is 58.2 cm³/mol. The number of aliphatic hydroxyl groups is 2. The van der Waals surface area contributed by atoms with Crippen LogP contribution in [0.4, 0.5) is 0 Å². The minimum Gasteiger partial charge on any atom is -0.464 e. The Morgan fingerprint density at radius 3 is 2.65 bits per heavy atom. The summed E-state index contributed by atoms with van der Waals surface area (Å²) in [6.45, 7) is 6.46. The second kappa shape index (κ2) is 4.89. The van der Waals surface area contributed by atoms with Gasteiger partial charge in [0.2, 0.25) is 0 Å². The topological polar surface area (TPSA) is 85.2 Å². The minimum absolute atomic E-state index is 0.115. The lowest BCUT2D eigenvalue weighted by Crippen LogP contribution is -2.54. The van der Waals surface area contributed by atoms with E-state index in [0.29, 0.717) is 0 Å². The summed E-state index contributed by atoms with van der Waals surface area (Å²) in [5.74, 6) is -1.70. The van der Waals surface area contributed by atoms with E-state index in [9.17, 15) is 15.0 Å². The Bertz CT molecular complexity index is 286. The van der Waals surface area contributed by atoms with Crippen molar-refractivity contribution in [2.45, 2.75) is 51.3 Å². The molecule has 0 aromatic carbocycles. The van der Waals surface area contributed by atoms with E-state index in [1.54, 1.807) is 20.8 Å². The summed E-state index contributed by atoms with van der Waals surface area (Å²) < 4.78 is 15.3. The maximum atomic E-state index is 11.5. The van der Waals surface area contributed by atoms with Crippen LogP contribution in [-0.2, 0) is 19.0 Å². The highest BCUT2D eigenvalue weighted by Gasteiger charge is 2.48. The van der Waals surface area contributed by atoms with Crippen LogP contribution in [-0.4, -0.2) is 53.0 Å². The summed E-state index contributed by atoms with van der Waals surface area (Å²) in [4.78, 5) is 11.5. The summed E-state index contributed by atoms with van der Waals surface area (Å²) in [5, 5.41) is 19.9. The SMILES string of the molecule is CCOC(=O)[C@@](C)(O)C(O)[C@H]1COC(C)(C)O1. The number of rotatable bonds is 4. The first kappa shape index (κ1) is 14.4. The maximum Gasteiger partial charge on any atom is 0.340 e. The van der Waals surface area contributed by atoms with Crippen LogP contribution >= 0.6 is 0 Å². The molecule has 0 aliphatic carbocycles. The molecule has 1 fully saturated rings. The van der Waals surface area contributed by atoms with Gasteiger partial charge in [-0.2, -0.15) is 0 Å². The van der Waals surface area contributed by atoms with Gasteiger partial charge >= 0.3 is 5.97 Å². The number of hydrogen-bond acceptors (Lipinski definition) is 6. The Balaban J connectivity index is 2.69. The Hall–Kier alpha value is -0.690. The van der Waals surface area contributed by atoms with Crippen LogP contribution < -0.4 is 0 Å². The van der Waals surface area contributed by atoms with E-state index < -0.39 is 29.6 Å². The molecule has 0 bridgehead atoms. The van der Waals surface area contributed by atoms with Crippen molar-refractivity contribution in [3.63, 3.8) is 0 Å². The molecule has 100 valence electrons. The van der Waals surface area contributed by atoms with Crippen molar-refractivity contribution >= 4 is 5.97 Å². The number of aliphatic hydroxyl groups excluding tert-OH is 1. The highest BCUT2D eigenvalue weighted by atomic mass is 16.7. The molecule has 1 heterocycles. The summed E-state index contributed by atoms with van der Waals surface area (Å²) in [6.07, 6.45) is -2.16. The van der Waals surface area contributed by atoms with Gasteiger partial charge in [-0.3, -0.25) is 0 Å². The molecule has 0 spiro atoms. The number of hydrogen-bond donors (Lipinski definition) is 2. The molecule has 0 aromatic heterocycles. The van der Waals surface area contributed by atoms with Crippen LogP contribution in [0, 0.1) is 0 Å². The molecular formula is C11H20O6. The van der Waals surface area contributed by atoms with E-state index in [1.807, 2.05) is 0 Å². The van der Waals surface area contributed by atoms with Crippen molar-refractivity contribution < 1.29 is 29.2 Å². The smallest absolute Gasteiger partial charge is 0.340 e. The first-order chi connectivity index (χ1) is 7.70. The molecule has 6 nitrogen and oxygen atoms in total. The van der Waals surface area contributed by atoms with Crippen molar-refractivity contribution in [1.29, 1.82) is 0 Å². The van der Waals surface area contributed by atoms with Crippen LogP contribution in [0.25, 0.3) is 0 Å². The molecule has 0 radical (unpaired) electrons. The third-order valence-corrected chi connectivity index (χ3v) is 2.65. The number of esters is 1. The van der Waals surface area contributed by atoms with Crippen molar-refractivity contribution in [2.75, 3.05) is 13.2 Å². The Morgan fingerprint density at radius 1 is 1.65 bits per heavy atom. The lowest BCUT2D eigenvalue weighted by Gasteiger charge is -2.30. The Morgan fingerprint density at radius 2 is 2.24 bits per heavy atom. The third-order valence-electron chi connectivity index (χ3n) is 2.65. The minimum atomic E-state index is -2.01. The van der Waals surface area contributed by atoms with Crippen LogP contribution in [0.1, 0.15) is 27.7 Å². The molecule has 0 aromatic rings. The van der Waals surface area contributed by atoms with E-state index in [1.165, 1.54) is 6.92 Å². The van der Waals surface area contributed by atoms with E-state index in [2.05, 4.69) is 0 Å². The van der Waals surface area contributed by atoms with Crippen LogP contribution in [0.15, 0.2) is 0 Å². The average Bonchev–Trinajstić information content (AvgIpc) is 2.58. The Kier molecular flexibility index (Phi) is 4.14. The number of carbonyl (C=O) groups excluding carboxylic acids is 1. The van der Waals surface area contributed by atoms with Crippen LogP contribution in [0.2, 0.25) is 0 Å². The van der Waals surface area contributed by atoms with Crippen LogP contribution in [0.5, 0.6) is 0 Å². The van der Waals surface area contributed by atoms with E-state index in [0.717, 1.165) is 0 Å². The zero-order chi connectivity index (χ0) is 13.3. The lowest BCUT2D eigenvalue weighted by molar-refractivity contribution is -0.195. The van der Waals surface area contributed by atoms with Gasteiger partial charge < -0.3 is 24.4 Å². The summed E-state index contributed by atoms with van der Waals surface area (Å²) in [5.41, 5.74) is -2.01. The van der Waals surface area contributed by atoms with Gasteiger partial charge in [-0.15, -0.1) is 0 Å². The second-order valence-electron chi connectivity index (χ2n) is 4.68. The molecule has 1 aliphatic heterocycles. The highest BCUT2D eigenvalue weighted by Crippen LogP contribution is 2.28. The molecule has 1 rings (SSSR count). The molecule has 17 heavy (non-hydrogen) atoms. The van der Waals surface area contributed by atoms with E-state index >= 15 is 0 Å². The van der Waals surface area contributed by atoms with Crippen molar-refractivity contribution in [3.05, 3.63) is 0 Å². The number of ether oxygens (including phenoxy) is 3. The van der Waals surface area contributed by atoms with Crippen molar-refractivity contribution in [3.8, 4) is 0 Å². The third kappa shape index (κ3) is 3.16. The van der Waals surface area contributed by atoms with E-state index in [-0.39, 0.29) is 13.2 Å². The van der Waals surface area contributed by atoms with Gasteiger partial charge in [-0.05, 0) is 27.7 Å². The molecule has 1 saturated heterocycles. The van der Waals surface area contributed by atoms with Crippen LogP contribution in [0.3, 0.4) is 0 Å².